The zero-order valence-electron chi connectivity index (χ0n) is 13.2. The fourth-order valence-corrected chi connectivity index (χ4v) is 3.38. The van der Waals surface area contributed by atoms with Gasteiger partial charge in [-0.05, 0) is 37.1 Å². The van der Waals surface area contributed by atoms with E-state index >= 15 is 0 Å². The average molecular weight is 328 g/mol. The Labute approximate surface area is 138 Å². The summed E-state index contributed by atoms with van der Waals surface area (Å²) in [6, 6.07) is 7.79. The molecule has 0 aliphatic carbocycles. The van der Waals surface area contributed by atoms with Gasteiger partial charge in [-0.15, -0.1) is 11.3 Å². The number of amides is 1. The van der Waals surface area contributed by atoms with Gasteiger partial charge in [-0.2, -0.15) is 5.10 Å². The van der Waals surface area contributed by atoms with Crippen LogP contribution >= 0.6 is 11.3 Å². The first kappa shape index (κ1) is 15.6. The summed E-state index contributed by atoms with van der Waals surface area (Å²) in [6.45, 7) is 4.16. The lowest BCUT2D eigenvalue weighted by atomic mass is 10.1. The van der Waals surface area contributed by atoms with Crippen LogP contribution in [0.15, 0.2) is 29.6 Å². The third kappa shape index (κ3) is 3.07. The van der Waals surface area contributed by atoms with Crippen molar-refractivity contribution in [2.24, 2.45) is 0 Å². The summed E-state index contributed by atoms with van der Waals surface area (Å²) in [4.78, 5) is 13.0. The molecule has 4 N–H and O–H groups in total. The number of nitrogen functional groups attached to an aromatic ring is 1. The summed E-state index contributed by atoms with van der Waals surface area (Å²) in [5, 5.41) is 13.4. The van der Waals surface area contributed by atoms with Crippen LogP contribution in [0.1, 0.15) is 36.4 Å². The molecule has 0 saturated carbocycles. The number of H-pyrrole nitrogens is 1. The van der Waals surface area contributed by atoms with Gasteiger partial charge in [0.1, 0.15) is 5.69 Å². The van der Waals surface area contributed by atoms with Crippen molar-refractivity contribution >= 4 is 33.8 Å². The minimum absolute atomic E-state index is 0.0148. The van der Waals surface area contributed by atoms with Crippen LogP contribution in [0.3, 0.4) is 0 Å². The summed E-state index contributed by atoms with van der Waals surface area (Å²) in [7, 11) is 0. The van der Waals surface area contributed by atoms with Crippen molar-refractivity contribution < 1.29 is 4.79 Å². The Morgan fingerprint density at radius 1 is 1.35 bits per heavy atom. The van der Waals surface area contributed by atoms with E-state index in [1.165, 1.54) is 11.3 Å². The quantitative estimate of drug-likeness (QED) is 0.623. The summed E-state index contributed by atoms with van der Waals surface area (Å²) < 4.78 is 0. The van der Waals surface area contributed by atoms with E-state index in [4.69, 9.17) is 5.73 Å². The zero-order valence-corrected chi connectivity index (χ0v) is 14.0. The standard InChI is InChI=1S/C17H20N4OS/c1-3-12(4-2)19-17(22)15-7-10(9-23-15)16-13-6-5-11(18)8-14(13)20-21-16/h5-9,12H,3-4,18H2,1-2H3,(H,19,22)(H,20,21). The Balaban J connectivity index is 1.87. The topological polar surface area (TPSA) is 83.8 Å². The van der Waals surface area contributed by atoms with E-state index in [9.17, 15) is 4.79 Å². The summed E-state index contributed by atoms with van der Waals surface area (Å²) in [5.74, 6) is -0.0148. The molecular formula is C17H20N4OS. The normalized spacial score (nSPS) is 11.3. The van der Waals surface area contributed by atoms with Gasteiger partial charge in [0.15, 0.2) is 0 Å². The van der Waals surface area contributed by atoms with Crippen LogP contribution < -0.4 is 11.1 Å². The molecule has 0 bridgehead atoms. The molecule has 0 radical (unpaired) electrons. The van der Waals surface area contributed by atoms with E-state index in [1.807, 2.05) is 29.6 Å². The third-order valence-corrected chi connectivity index (χ3v) is 4.93. The number of benzene rings is 1. The Morgan fingerprint density at radius 3 is 2.87 bits per heavy atom. The predicted molar refractivity (Wildman–Crippen MR) is 95.7 cm³/mol. The Morgan fingerprint density at radius 2 is 2.13 bits per heavy atom. The monoisotopic (exact) mass is 328 g/mol. The third-order valence-electron chi connectivity index (χ3n) is 4.00. The number of nitrogens with one attached hydrogen (secondary N) is 2. The molecule has 1 amide bonds. The number of carbonyl (C=O) groups is 1. The number of hydrogen-bond donors (Lipinski definition) is 3. The van der Waals surface area contributed by atoms with Crippen LogP contribution in [-0.2, 0) is 0 Å². The first-order chi connectivity index (χ1) is 11.1. The van der Waals surface area contributed by atoms with Gasteiger partial charge in [-0.1, -0.05) is 13.8 Å². The highest BCUT2D eigenvalue weighted by Gasteiger charge is 2.15. The highest BCUT2D eigenvalue weighted by molar-refractivity contribution is 7.12. The number of nitrogens with zero attached hydrogens (tertiary/aromatic N) is 1. The first-order valence-electron chi connectivity index (χ1n) is 7.75. The number of aromatic nitrogens is 2. The second-order valence-corrected chi connectivity index (χ2v) is 6.47. The van der Waals surface area contributed by atoms with Gasteiger partial charge < -0.3 is 11.1 Å². The van der Waals surface area contributed by atoms with Crippen LogP contribution in [0, 0.1) is 0 Å². The minimum Gasteiger partial charge on any atom is -0.399 e. The lowest BCUT2D eigenvalue weighted by Crippen LogP contribution is -2.33. The molecule has 120 valence electrons. The summed E-state index contributed by atoms with van der Waals surface area (Å²) in [6.07, 6.45) is 1.87. The second-order valence-electron chi connectivity index (χ2n) is 5.56. The number of nitrogens with two attached hydrogens (primary N) is 1. The lowest BCUT2D eigenvalue weighted by molar-refractivity contribution is 0.0939. The molecule has 0 unspecified atom stereocenters. The number of rotatable bonds is 5. The fraction of sp³-hybridized carbons (Fsp3) is 0.294. The SMILES string of the molecule is CCC(CC)NC(=O)c1cc(-c2n[nH]c3cc(N)ccc23)cs1. The molecule has 6 heteroatoms. The maximum atomic E-state index is 12.3. The van der Waals surface area contributed by atoms with Crippen LogP contribution in [-0.4, -0.2) is 22.1 Å². The van der Waals surface area contributed by atoms with Gasteiger partial charge in [-0.3, -0.25) is 9.89 Å². The fourth-order valence-electron chi connectivity index (χ4n) is 2.59. The van der Waals surface area contributed by atoms with E-state index in [1.54, 1.807) is 0 Å². The number of hydrogen-bond acceptors (Lipinski definition) is 4. The molecule has 0 spiro atoms. The van der Waals surface area contributed by atoms with E-state index in [0.29, 0.717) is 10.6 Å². The molecule has 0 saturated heterocycles. The zero-order chi connectivity index (χ0) is 16.4. The second kappa shape index (κ2) is 6.42. The molecule has 0 atom stereocenters. The van der Waals surface area contributed by atoms with E-state index in [0.717, 1.165) is 35.0 Å². The number of anilines is 1. The van der Waals surface area contributed by atoms with Crippen molar-refractivity contribution in [2.45, 2.75) is 32.7 Å². The molecule has 0 aliphatic rings. The molecule has 0 aliphatic heterocycles. The van der Waals surface area contributed by atoms with Crippen molar-refractivity contribution in [1.29, 1.82) is 0 Å². The maximum absolute atomic E-state index is 12.3. The van der Waals surface area contributed by atoms with Gasteiger partial charge in [0.2, 0.25) is 0 Å². The first-order valence-corrected chi connectivity index (χ1v) is 8.63. The highest BCUT2D eigenvalue weighted by atomic mass is 32.1. The number of aromatic amines is 1. The average Bonchev–Trinajstić information content (AvgIpc) is 3.18. The van der Waals surface area contributed by atoms with Crippen molar-refractivity contribution in [1.82, 2.24) is 15.5 Å². The van der Waals surface area contributed by atoms with E-state index in [-0.39, 0.29) is 11.9 Å². The molecule has 2 aromatic heterocycles. The lowest BCUT2D eigenvalue weighted by Gasteiger charge is -2.13. The van der Waals surface area contributed by atoms with Gasteiger partial charge in [0, 0.05) is 28.1 Å². The van der Waals surface area contributed by atoms with Crippen LogP contribution in [0.2, 0.25) is 0 Å². The van der Waals surface area contributed by atoms with Gasteiger partial charge in [-0.25, -0.2) is 0 Å². The Kier molecular flexibility index (Phi) is 4.34. The van der Waals surface area contributed by atoms with Crippen molar-refractivity contribution in [3.05, 3.63) is 34.5 Å². The summed E-state index contributed by atoms with van der Waals surface area (Å²) >= 11 is 1.44. The summed E-state index contributed by atoms with van der Waals surface area (Å²) in [5.41, 5.74) is 9.17. The van der Waals surface area contributed by atoms with Crippen LogP contribution in [0.25, 0.3) is 22.2 Å². The van der Waals surface area contributed by atoms with Crippen LogP contribution in [0.4, 0.5) is 5.69 Å². The van der Waals surface area contributed by atoms with Gasteiger partial charge in [0.25, 0.3) is 5.91 Å². The minimum atomic E-state index is -0.0148. The largest absolute Gasteiger partial charge is 0.399 e. The number of fused-ring (bicyclic) bond motifs is 1. The molecule has 0 fully saturated rings. The van der Waals surface area contributed by atoms with Crippen LogP contribution in [0.5, 0.6) is 0 Å². The van der Waals surface area contributed by atoms with E-state index in [2.05, 4.69) is 29.4 Å². The molecule has 23 heavy (non-hydrogen) atoms. The predicted octanol–water partition coefficient (Wildman–Crippen LogP) is 3.79. The Hall–Kier alpha value is -2.34. The van der Waals surface area contributed by atoms with Crippen molar-refractivity contribution in [3.63, 3.8) is 0 Å². The van der Waals surface area contributed by atoms with E-state index < -0.39 is 0 Å². The molecule has 3 aromatic rings. The molecule has 3 rings (SSSR count). The molecule has 1 aromatic carbocycles. The smallest absolute Gasteiger partial charge is 0.261 e. The maximum Gasteiger partial charge on any atom is 0.261 e. The van der Waals surface area contributed by atoms with Gasteiger partial charge in [0.05, 0.1) is 10.4 Å². The van der Waals surface area contributed by atoms with Crippen molar-refractivity contribution in [2.75, 3.05) is 5.73 Å². The molecular weight excluding hydrogens is 308 g/mol. The highest BCUT2D eigenvalue weighted by Crippen LogP contribution is 2.30. The van der Waals surface area contributed by atoms with Crippen molar-refractivity contribution in [3.8, 4) is 11.3 Å². The number of thiophene rings is 1. The number of carbonyl (C=O) groups excluding carboxylic acids is 1. The molecule has 2 heterocycles. The molecule has 5 nitrogen and oxygen atoms in total. The Bertz CT molecular complexity index is 832. The van der Waals surface area contributed by atoms with Gasteiger partial charge >= 0.3 is 0 Å².